The van der Waals surface area contributed by atoms with E-state index in [2.05, 4.69) is 11.7 Å². The van der Waals surface area contributed by atoms with Crippen molar-refractivity contribution in [2.45, 2.75) is 12.8 Å². The maximum absolute atomic E-state index is 5.58. The van der Waals surface area contributed by atoms with Gasteiger partial charge in [0.2, 0.25) is 0 Å². The summed E-state index contributed by atoms with van der Waals surface area (Å²) < 4.78 is 16.2. The molecular weight excluding hydrogens is 254 g/mol. The molecule has 0 aliphatic carbocycles. The summed E-state index contributed by atoms with van der Waals surface area (Å²) in [6.45, 7) is 3.78. The van der Waals surface area contributed by atoms with Crippen LogP contribution in [0.4, 0.5) is 0 Å². The van der Waals surface area contributed by atoms with Crippen LogP contribution in [-0.4, -0.2) is 39.6 Å². The van der Waals surface area contributed by atoms with Gasteiger partial charge in [0, 0.05) is 6.42 Å². The summed E-state index contributed by atoms with van der Waals surface area (Å²) in [6.07, 6.45) is 6.92. The van der Waals surface area contributed by atoms with Gasteiger partial charge in [0.05, 0.1) is 33.0 Å². The summed E-state index contributed by atoms with van der Waals surface area (Å²) >= 11 is 0. The molecule has 0 saturated carbocycles. The van der Waals surface area contributed by atoms with Crippen LogP contribution in [0.25, 0.3) is 0 Å². The molecular formula is C16H24NO3+. The van der Waals surface area contributed by atoms with Gasteiger partial charge in [0.15, 0.2) is 0 Å². The molecule has 3 N–H and O–H groups in total. The molecule has 0 saturated heterocycles. The van der Waals surface area contributed by atoms with Gasteiger partial charge in [0.1, 0.15) is 12.4 Å². The van der Waals surface area contributed by atoms with Crippen molar-refractivity contribution in [2.24, 2.45) is 0 Å². The van der Waals surface area contributed by atoms with Gasteiger partial charge in [-0.3, -0.25) is 0 Å². The van der Waals surface area contributed by atoms with Gasteiger partial charge in [-0.15, -0.1) is 12.3 Å². The highest BCUT2D eigenvalue weighted by Gasteiger charge is 1.96. The Balaban J connectivity index is 2.06. The lowest BCUT2D eigenvalue weighted by Crippen LogP contribution is -2.52. The van der Waals surface area contributed by atoms with Gasteiger partial charge >= 0.3 is 0 Å². The van der Waals surface area contributed by atoms with Gasteiger partial charge < -0.3 is 19.9 Å². The number of hydrogen-bond donors (Lipinski definition) is 1. The third-order valence-corrected chi connectivity index (χ3v) is 2.64. The number of terminal acetylenes is 1. The first-order chi connectivity index (χ1) is 9.86. The van der Waals surface area contributed by atoms with Crippen LogP contribution in [0.1, 0.15) is 12.0 Å². The van der Waals surface area contributed by atoms with Gasteiger partial charge in [0.25, 0.3) is 0 Å². The van der Waals surface area contributed by atoms with E-state index in [0.29, 0.717) is 33.0 Å². The zero-order chi connectivity index (χ0) is 14.5. The average Bonchev–Trinajstić information content (AvgIpc) is 2.49. The van der Waals surface area contributed by atoms with Gasteiger partial charge in [-0.05, 0) is 24.1 Å². The van der Waals surface area contributed by atoms with E-state index in [1.165, 1.54) is 5.56 Å². The van der Waals surface area contributed by atoms with Crippen molar-refractivity contribution in [3.05, 3.63) is 29.8 Å². The lowest BCUT2D eigenvalue weighted by atomic mass is 10.1. The predicted octanol–water partition coefficient (Wildman–Crippen LogP) is 0.906. The molecule has 0 heterocycles. The summed E-state index contributed by atoms with van der Waals surface area (Å²) in [5.74, 6) is 3.49. The maximum atomic E-state index is 5.58. The molecule has 0 spiro atoms. The van der Waals surface area contributed by atoms with Gasteiger partial charge in [-0.25, -0.2) is 0 Å². The molecule has 1 rings (SSSR count). The lowest BCUT2D eigenvalue weighted by molar-refractivity contribution is -0.374. The molecule has 4 heteroatoms. The first-order valence-electron chi connectivity index (χ1n) is 6.96. The third-order valence-electron chi connectivity index (χ3n) is 2.64. The molecule has 0 aliphatic heterocycles. The fourth-order valence-corrected chi connectivity index (χ4v) is 1.61. The highest BCUT2D eigenvalue weighted by molar-refractivity contribution is 5.27. The Morgan fingerprint density at radius 3 is 2.25 bits per heavy atom. The van der Waals surface area contributed by atoms with Crippen molar-refractivity contribution in [3.8, 4) is 18.1 Å². The van der Waals surface area contributed by atoms with Crippen molar-refractivity contribution in [3.63, 3.8) is 0 Å². The molecule has 1 aromatic carbocycles. The minimum Gasteiger partial charge on any atom is -0.491 e. The summed E-state index contributed by atoms with van der Waals surface area (Å²) in [5.41, 5.74) is 4.92. The smallest absolute Gasteiger partial charge is 0.119 e. The third kappa shape index (κ3) is 7.80. The molecule has 4 nitrogen and oxygen atoms in total. The highest BCUT2D eigenvalue weighted by Crippen LogP contribution is 2.13. The van der Waals surface area contributed by atoms with E-state index in [-0.39, 0.29) is 0 Å². The Bertz CT molecular complexity index is 384. The Morgan fingerprint density at radius 1 is 0.950 bits per heavy atom. The van der Waals surface area contributed by atoms with E-state index in [0.717, 1.165) is 25.1 Å². The number of hydrogen-bond acceptors (Lipinski definition) is 3. The molecule has 0 bridgehead atoms. The van der Waals surface area contributed by atoms with E-state index in [1.807, 2.05) is 24.3 Å². The Morgan fingerprint density at radius 2 is 1.60 bits per heavy atom. The zero-order valence-electron chi connectivity index (χ0n) is 12.0. The first kappa shape index (κ1) is 16.5. The van der Waals surface area contributed by atoms with Crippen molar-refractivity contribution < 1.29 is 19.9 Å². The van der Waals surface area contributed by atoms with Crippen molar-refractivity contribution in [2.75, 3.05) is 39.6 Å². The molecule has 0 amide bonds. The highest BCUT2D eigenvalue weighted by atomic mass is 16.5. The number of rotatable bonds is 11. The van der Waals surface area contributed by atoms with E-state index in [9.17, 15) is 0 Å². The molecule has 20 heavy (non-hydrogen) atoms. The lowest BCUT2D eigenvalue weighted by Gasteiger charge is -2.08. The molecule has 0 radical (unpaired) electrons. The van der Waals surface area contributed by atoms with Crippen molar-refractivity contribution >= 4 is 0 Å². The van der Waals surface area contributed by atoms with E-state index in [1.54, 1.807) is 0 Å². The summed E-state index contributed by atoms with van der Waals surface area (Å²) in [5, 5.41) is 0. The molecule has 1 aromatic rings. The minimum absolute atomic E-state index is 0.541. The Labute approximate surface area is 121 Å². The second-order valence-corrected chi connectivity index (χ2v) is 4.27. The van der Waals surface area contributed by atoms with Gasteiger partial charge in [-0.2, -0.15) is 0 Å². The van der Waals surface area contributed by atoms with Crippen LogP contribution in [0.2, 0.25) is 0 Å². The second-order valence-electron chi connectivity index (χ2n) is 4.27. The molecule has 110 valence electrons. The average molecular weight is 278 g/mol. The standard InChI is InChI=1S/C16H23NO3/c1-2-3-4-15-5-7-16(8-6-15)20-14-13-19-12-11-18-10-9-17/h1,5-8H,3-4,9-14,17H2/p+1. The van der Waals surface area contributed by atoms with Crippen LogP contribution in [-0.2, 0) is 15.9 Å². The molecule has 0 aliphatic rings. The van der Waals surface area contributed by atoms with Gasteiger partial charge in [-0.1, -0.05) is 12.1 Å². The minimum atomic E-state index is 0.541. The number of aryl methyl sites for hydroxylation is 1. The van der Waals surface area contributed by atoms with Crippen molar-refractivity contribution in [1.82, 2.24) is 0 Å². The summed E-state index contributed by atoms with van der Waals surface area (Å²) in [6, 6.07) is 8.01. The fraction of sp³-hybridized carbons (Fsp3) is 0.500. The Kier molecular flexibility index (Phi) is 9.33. The maximum Gasteiger partial charge on any atom is 0.119 e. The fourth-order valence-electron chi connectivity index (χ4n) is 1.61. The predicted molar refractivity (Wildman–Crippen MR) is 78.5 cm³/mol. The monoisotopic (exact) mass is 278 g/mol. The molecule has 0 fully saturated rings. The summed E-state index contributed by atoms with van der Waals surface area (Å²) in [7, 11) is 0. The normalized spacial score (nSPS) is 10.2. The summed E-state index contributed by atoms with van der Waals surface area (Å²) in [4.78, 5) is 0. The molecule has 0 aromatic heterocycles. The quantitative estimate of drug-likeness (QED) is 0.483. The molecule has 0 atom stereocenters. The Hall–Kier alpha value is -1.54. The zero-order valence-corrected chi connectivity index (χ0v) is 12.0. The largest absolute Gasteiger partial charge is 0.491 e. The second kappa shape index (κ2) is 11.3. The topological polar surface area (TPSA) is 55.3 Å². The first-order valence-corrected chi connectivity index (χ1v) is 6.96. The van der Waals surface area contributed by atoms with E-state index >= 15 is 0 Å². The van der Waals surface area contributed by atoms with Crippen LogP contribution in [0.15, 0.2) is 24.3 Å². The van der Waals surface area contributed by atoms with Crippen LogP contribution in [0, 0.1) is 12.3 Å². The number of benzene rings is 1. The van der Waals surface area contributed by atoms with Crippen molar-refractivity contribution in [1.29, 1.82) is 0 Å². The van der Waals surface area contributed by atoms with Crippen LogP contribution in [0.3, 0.4) is 0 Å². The SMILES string of the molecule is C#CCCc1ccc(OCCOCCOCC[NH3+])cc1. The molecule has 0 unspecified atom stereocenters. The van der Waals surface area contributed by atoms with Crippen LogP contribution >= 0.6 is 0 Å². The number of ether oxygens (including phenoxy) is 3. The van der Waals surface area contributed by atoms with E-state index < -0.39 is 0 Å². The number of quaternary nitrogens is 1. The van der Waals surface area contributed by atoms with Crippen LogP contribution in [0.5, 0.6) is 5.75 Å². The van der Waals surface area contributed by atoms with Crippen LogP contribution < -0.4 is 10.5 Å². The van der Waals surface area contributed by atoms with E-state index in [4.69, 9.17) is 20.6 Å².